The van der Waals surface area contributed by atoms with E-state index in [1.165, 1.54) is 6.07 Å². The second-order valence-electron chi connectivity index (χ2n) is 5.49. The molecule has 120 valence electrons. The van der Waals surface area contributed by atoms with Crippen LogP contribution in [0.4, 0.5) is 13.2 Å². The lowest BCUT2D eigenvalue weighted by Gasteiger charge is -2.25. The Kier molecular flexibility index (Phi) is 7.21. The number of nitrogens with one attached hydrogen (secondary N) is 1. The van der Waals surface area contributed by atoms with Gasteiger partial charge in [-0.15, -0.1) is 0 Å². The highest BCUT2D eigenvalue weighted by Crippen LogP contribution is 2.38. The first kappa shape index (κ1) is 18.5. The number of rotatable bonds is 7. The zero-order valence-electron chi connectivity index (χ0n) is 12.7. The van der Waals surface area contributed by atoms with Gasteiger partial charge in [-0.05, 0) is 43.0 Å². The minimum atomic E-state index is -4.33. The van der Waals surface area contributed by atoms with Gasteiger partial charge in [0.2, 0.25) is 0 Å². The molecule has 21 heavy (non-hydrogen) atoms. The summed E-state index contributed by atoms with van der Waals surface area (Å²) in [7, 11) is 0. The molecule has 1 aromatic carbocycles. The van der Waals surface area contributed by atoms with Gasteiger partial charge in [0.05, 0.1) is 5.56 Å². The van der Waals surface area contributed by atoms with Gasteiger partial charge in [-0.25, -0.2) is 0 Å². The minimum Gasteiger partial charge on any atom is -0.310 e. The normalized spacial score (nSPS) is 15.0. The standard InChI is InChI=1S/C16H23BrF3N/c1-4-8-21-15(9-11(3)5-2)13-7-6-12(17)10-14(13)16(18,19)20/h6-7,10-11,15,21H,4-5,8-9H2,1-3H3. The van der Waals surface area contributed by atoms with Crippen LogP contribution in [-0.4, -0.2) is 6.54 Å². The van der Waals surface area contributed by atoms with Crippen molar-refractivity contribution in [1.82, 2.24) is 5.32 Å². The van der Waals surface area contributed by atoms with Gasteiger partial charge in [-0.3, -0.25) is 0 Å². The van der Waals surface area contributed by atoms with Crippen LogP contribution in [0.15, 0.2) is 22.7 Å². The lowest BCUT2D eigenvalue weighted by molar-refractivity contribution is -0.138. The number of alkyl halides is 3. The van der Waals surface area contributed by atoms with Crippen LogP contribution in [0, 0.1) is 5.92 Å². The largest absolute Gasteiger partial charge is 0.416 e. The van der Waals surface area contributed by atoms with Crippen molar-refractivity contribution in [3.05, 3.63) is 33.8 Å². The van der Waals surface area contributed by atoms with Gasteiger partial charge in [0.25, 0.3) is 0 Å². The third-order valence-electron chi connectivity index (χ3n) is 3.67. The smallest absolute Gasteiger partial charge is 0.310 e. The zero-order chi connectivity index (χ0) is 16.0. The van der Waals surface area contributed by atoms with E-state index in [2.05, 4.69) is 35.1 Å². The average Bonchev–Trinajstić information content (AvgIpc) is 2.42. The van der Waals surface area contributed by atoms with E-state index in [1.54, 1.807) is 12.1 Å². The highest BCUT2D eigenvalue weighted by Gasteiger charge is 2.35. The fourth-order valence-corrected chi connectivity index (χ4v) is 2.65. The second kappa shape index (κ2) is 8.18. The van der Waals surface area contributed by atoms with Gasteiger partial charge in [-0.2, -0.15) is 13.2 Å². The van der Waals surface area contributed by atoms with E-state index in [0.717, 1.165) is 12.8 Å². The van der Waals surface area contributed by atoms with E-state index in [4.69, 9.17) is 0 Å². The minimum absolute atomic E-state index is 0.260. The van der Waals surface area contributed by atoms with Gasteiger partial charge in [-0.1, -0.05) is 49.2 Å². The third-order valence-corrected chi connectivity index (χ3v) is 4.17. The van der Waals surface area contributed by atoms with Crippen LogP contribution in [-0.2, 0) is 6.18 Å². The van der Waals surface area contributed by atoms with Crippen molar-refractivity contribution in [3.8, 4) is 0 Å². The lowest BCUT2D eigenvalue weighted by atomic mass is 9.91. The monoisotopic (exact) mass is 365 g/mol. The van der Waals surface area contributed by atoms with Crippen molar-refractivity contribution in [1.29, 1.82) is 0 Å². The first-order valence-electron chi connectivity index (χ1n) is 7.39. The molecule has 0 aliphatic carbocycles. The fraction of sp³-hybridized carbons (Fsp3) is 0.625. The molecule has 2 atom stereocenters. The predicted octanol–water partition coefficient (Wildman–Crippen LogP) is 5.94. The first-order chi connectivity index (χ1) is 9.79. The molecule has 1 aromatic rings. The SMILES string of the molecule is CCCNC(CC(C)CC)c1ccc(Br)cc1C(F)(F)F. The molecular formula is C16H23BrF3N. The van der Waals surface area contributed by atoms with Gasteiger partial charge >= 0.3 is 6.18 Å². The Balaban J connectivity index is 3.16. The molecule has 1 rings (SSSR count). The Morgan fingerprint density at radius 1 is 1.24 bits per heavy atom. The van der Waals surface area contributed by atoms with Crippen LogP contribution in [0.5, 0.6) is 0 Å². The molecule has 0 saturated heterocycles. The van der Waals surface area contributed by atoms with E-state index < -0.39 is 11.7 Å². The summed E-state index contributed by atoms with van der Waals surface area (Å²) in [5, 5.41) is 3.27. The third kappa shape index (κ3) is 5.62. The molecule has 2 unspecified atom stereocenters. The van der Waals surface area contributed by atoms with E-state index in [1.807, 2.05) is 6.92 Å². The van der Waals surface area contributed by atoms with Crippen LogP contribution in [0.3, 0.4) is 0 Å². The lowest BCUT2D eigenvalue weighted by Crippen LogP contribution is -2.26. The Bertz CT molecular complexity index is 446. The summed E-state index contributed by atoms with van der Waals surface area (Å²) in [6.07, 6.45) is -1.76. The molecule has 0 aliphatic rings. The molecule has 1 N–H and O–H groups in total. The molecule has 0 aromatic heterocycles. The highest BCUT2D eigenvalue weighted by molar-refractivity contribution is 9.10. The van der Waals surface area contributed by atoms with Crippen molar-refractivity contribution in [2.45, 2.75) is 52.3 Å². The molecule has 0 bridgehead atoms. The molecule has 0 fully saturated rings. The molecule has 0 amide bonds. The summed E-state index contributed by atoms with van der Waals surface area (Å²) in [4.78, 5) is 0. The Labute approximate surface area is 133 Å². The van der Waals surface area contributed by atoms with Crippen LogP contribution in [0.2, 0.25) is 0 Å². The topological polar surface area (TPSA) is 12.0 Å². The second-order valence-corrected chi connectivity index (χ2v) is 6.40. The quantitative estimate of drug-likeness (QED) is 0.629. The van der Waals surface area contributed by atoms with Gasteiger partial charge in [0.1, 0.15) is 0 Å². The molecule has 0 saturated carbocycles. The molecule has 5 heteroatoms. The van der Waals surface area contributed by atoms with Crippen molar-refractivity contribution < 1.29 is 13.2 Å². The molecule has 0 aliphatic heterocycles. The highest BCUT2D eigenvalue weighted by atomic mass is 79.9. The number of benzene rings is 1. The van der Waals surface area contributed by atoms with Crippen molar-refractivity contribution in [2.24, 2.45) is 5.92 Å². The maximum atomic E-state index is 13.3. The van der Waals surface area contributed by atoms with Crippen molar-refractivity contribution >= 4 is 15.9 Å². The average molecular weight is 366 g/mol. The summed E-state index contributed by atoms with van der Waals surface area (Å²) in [5.74, 6) is 0.379. The summed E-state index contributed by atoms with van der Waals surface area (Å²) < 4.78 is 40.3. The van der Waals surface area contributed by atoms with Crippen LogP contribution in [0.25, 0.3) is 0 Å². The molecule has 0 spiro atoms. The van der Waals surface area contributed by atoms with E-state index in [0.29, 0.717) is 28.9 Å². The van der Waals surface area contributed by atoms with Crippen molar-refractivity contribution in [2.75, 3.05) is 6.54 Å². The summed E-state index contributed by atoms with van der Waals surface area (Å²) in [5.41, 5.74) is -0.201. The zero-order valence-corrected chi connectivity index (χ0v) is 14.3. The van der Waals surface area contributed by atoms with Gasteiger partial charge in [0.15, 0.2) is 0 Å². The maximum absolute atomic E-state index is 13.3. The molecular weight excluding hydrogens is 343 g/mol. The Morgan fingerprint density at radius 2 is 1.90 bits per heavy atom. The molecule has 0 radical (unpaired) electrons. The number of halogens is 4. The number of hydrogen-bond acceptors (Lipinski definition) is 1. The fourth-order valence-electron chi connectivity index (χ4n) is 2.29. The molecule has 0 heterocycles. The summed E-state index contributed by atoms with van der Waals surface area (Å²) in [6, 6.07) is 4.18. The van der Waals surface area contributed by atoms with Crippen LogP contribution >= 0.6 is 15.9 Å². The van der Waals surface area contributed by atoms with E-state index in [9.17, 15) is 13.2 Å². The van der Waals surface area contributed by atoms with E-state index in [-0.39, 0.29) is 6.04 Å². The summed E-state index contributed by atoms with van der Waals surface area (Å²) in [6.45, 7) is 6.87. The predicted molar refractivity (Wildman–Crippen MR) is 84.3 cm³/mol. The van der Waals surface area contributed by atoms with E-state index >= 15 is 0 Å². The number of hydrogen-bond donors (Lipinski definition) is 1. The van der Waals surface area contributed by atoms with Crippen LogP contribution < -0.4 is 5.32 Å². The molecule has 1 nitrogen and oxygen atoms in total. The van der Waals surface area contributed by atoms with Crippen LogP contribution in [0.1, 0.15) is 57.2 Å². The first-order valence-corrected chi connectivity index (χ1v) is 8.18. The Morgan fingerprint density at radius 3 is 2.43 bits per heavy atom. The Hall–Kier alpha value is -0.550. The maximum Gasteiger partial charge on any atom is 0.416 e. The van der Waals surface area contributed by atoms with Gasteiger partial charge in [0, 0.05) is 10.5 Å². The summed E-state index contributed by atoms with van der Waals surface area (Å²) >= 11 is 3.13. The van der Waals surface area contributed by atoms with Crippen molar-refractivity contribution in [3.63, 3.8) is 0 Å². The van der Waals surface area contributed by atoms with Gasteiger partial charge < -0.3 is 5.32 Å².